The lowest BCUT2D eigenvalue weighted by molar-refractivity contribution is 0.411. The monoisotopic (exact) mass is 332 g/mol. The fraction of sp³-hybridized carbons (Fsp3) is 0.125. The largest absolute Gasteiger partial charge is 0.496 e. The molecule has 0 saturated carbocycles. The minimum atomic E-state index is 0.444. The summed E-state index contributed by atoms with van der Waals surface area (Å²) < 4.78 is 11.0. The van der Waals surface area contributed by atoms with Gasteiger partial charge in [0, 0.05) is 10.8 Å². The molecule has 2 aromatic carbocycles. The van der Waals surface area contributed by atoms with E-state index in [0.717, 1.165) is 16.1 Å². The third-order valence-electron chi connectivity index (χ3n) is 3.05. The van der Waals surface area contributed by atoms with Crippen molar-refractivity contribution in [3.05, 3.63) is 59.1 Å². The first kappa shape index (κ1) is 14.9. The van der Waals surface area contributed by atoms with E-state index in [9.17, 15) is 0 Å². The van der Waals surface area contributed by atoms with Gasteiger partial charge in [0.1, 0.15) is 5.75 Å². The number of hydrogen-bond donors (Lipinski definition) is 0. The van der Waals surface area contributed by atoms with Crippen molar-refractivity contribution in [2.24, 2.45) is 0 Å². The molecule has 0 aliphatic heterocycles. The van der Waals surface area contributed by atoms with E-state index in [1.54, 1.807) is 7.11 Å². The number of nitrogens with zero attached hydrogens (tertiary/aromatic N) is 2. The zero-order chi connectivity index (χ0) is 15.4. The van der Waals surface area contributed by atoms with E-state index in [0.29, 0.717) is 22.6 Å². The number of ether oxygens (including phenoxy) is 1. The van der Waals surface area contributed by atoms with Crippen LogP contribution in [0, 0.1) is 0 Å². The van der Waals surface area contributed by atoms with Gasteiger partial charge in [0.25, 0.3) is 11.1 Å². The molecule has 1 aromatic heterocycles. The zero-order valence-electron chi connectivity index (χ0n) is 11.8. The third-order valence-corrected chi connectivity index (χ3v) is 4.29. The number of halogens is 1. The summed E-state index contributed by atoms with van der Waals surface area (Å²) in [6.07, 6.45) is 0. The molecule has 6 heteroatoms. The summed E-state index contributed by atoms with van der Waals surface area (Å²) in [6, 6.07) is 15.2. The number of methoxy groups -OCH3 is 1. The van der Waals surface area contributed by atoms with Gasteiger partial charge in [-0.1, -0.05) is 53.7 Å². The third kappa shape index (κ3) is 3.26. The van der Waals surface area contributed by atoms with Crippen LogP contribution in [-0.2, 0) is 5.75 Å². The maximum Gasteiger partial charge on any atom is 0.277 e. The van der Waals surface area contributed by atoms with Crippen molar-refractivity contribution >= 4 is 23.4 Å². The molecule has 0 aliphatic rings. The van der Waals surface area contributed by atoms with Gasteiger partial charge in [0.15, 0.2) is 0 Å². The molecular weight excluding hydrogens is 320 g/mol. The Balaban J connectivity index is 1.75. The Morgan fingerprint density at radius 3 is 2.68 bits per heavy atom. The number of aromatic nitrogens is 2. The van der Waals surface area contributed by atoms with Crippen LogP contribution in [-0.4, -0.2) is 17.3 Å². The predicted octanol–water partition coefficient (Wildman–Crippen LogP) is 4.69. The standard InChI is InChI=1S/C16H13ClN2O2S/c1-20-14-9-5-3-7-12(14)15-18-19-16(21-15)22-10-11-6-2-4-8-13(11)17/h2-9H,10H2,1H3. The molecule has 0 spiro atoms. The van der Waals surface area contributed by atoms with Crippen LogP contribution >= 0.6 is 23.4 Å². The average Bonchev–Trinajstić information content (AvgIpc) is 3.03. The van der Waals surface area contributed by atoms with Gasteiger partial charge in [-0.05, 0) is 23.8 Å². The van der Waals surface area contributed by atoms with Crippen LogP contribution in [0.3, 0.4) is 0 Å². The Hall–Kier alpha value is -1.98. The molecule has 0 radical (unpaired) electrons. The second-order valence-electron chi connectivity index (χ2n) is 4.45. The highest BCUT2D eigenvalue weighted by atomic mass is 35.5. The van der Waals surface area contributed by atoms with Crippen molar-refractivity contribution in [2.45, 2.75) is 11.0 Å². The molecule has 4 nitrogen and oxygen atoms in total. The van der Waals surface area contributed by atoms with Gasteiger partial charge in [0.2, 0.25) is 0 Å². The van der Waals surface area contributed by atoms with E-state index in [4.69, 9.17) is 20.8 Å². The summed E-state index contributed by atoms with van der Waals surface area (Å²) in [7, 11) is 1.61. The lowest BCUT2D eigenvalue weighted by Crippen LogP contribution is -1.87. The fourth-order valence-corrected chi connectivity index (χ4v) is 3.00. The zero-order valence-corrected chi connectivity index (χ0v) is 13.4. The van der Waals surface area contributed by atoms with Crippen LogP contribution in [0.2, 0.25) is 5.02 Å². The quantitative estimate of drug-likeness (QED) is 0.634. The summed E-state index contributed by atoms with van der Waals surface area (Å²) in [5, 5.41) is 9.38. The van der Waals surface area contributed by atoms with Crippen LogP contribution in [0.5, 0.6) is 5.75 Å². The summed E-state index contributed by atoms with van der Waals surface area (Å²) in [5.41, 5.74) is 1.81. The molecule has 0 unspecified atom stereocenters. The van der Waals surface area contributed by atoms with Crippen LogP contribution in [0.4, 0.5) is 0 Å². The predicted molar refractivity (Wildman–Crippen MR) is 87.3 cm³/mol. The van der Waals surface area contributed by atoms with Crippen LogP contribution in [0.15, 0.2) is 58.2 Å². The van der Waals surface area contributed by atoms with E-state index in [2.05, 4.69) is 10.2 Å². The van der Waals surface area contributed by atoms with Crippen molar-refractivity contribution in [3.8, 4) is 17.2 Å². The van der Waals surface area contributed by atoms with Gasteiger partial charge in [0.05, 0.1) is 12.7 Å². The minimum absolute atomic E-state index is 0.444. The second-order valence-corrected chi connectivity index (χ2v) is 5.79. The highest BCUT2D eigenvalue weighted by Crippen LogP contribution is 2.31. The van der Waals surface area contributed by atoms with E-state index in [1.165, 1.54) is 11.8 Å². The molecule has 3 rings (SSSR count). The molecule has 112 valence electrons. The number of benzene rings is 2. The smallest absolute Gasteiger partial charge is 0.277 e. The van der Waals surface area contributed by atoms with Gasteiger partial charge in [-0.2, -0.15) is 0 Å². The average molecular weight is 333 g/mol. The van der Waals surface area contributed by atoms with Gasteiger partial charge in [-0.15, -0.1) is 10.2 Å². The summed E-state index contributed by atoms with van der Waals surface area (Å²) in [6.45, 7) is 0. The number of hydrogen-bond acceptors (Lipinski definition) is 5. The van der Waals surface area contributed by atoms with E-state index >= 15 is 0 Å². The molecule has 0 bridgehead atoms. The topological polar surface area (TPSA) is 48.2 Å². The van der Waals surface area contributed by atoms with Gasteiger partial charge >= 0.3 is 0 Å². The second kappa shape index (κ2) is 6.85. The Kier molecular flexibility index (Phi) is 4.65. The van der Waals surface area contributed by atoms with E-state index in [1.807, 2.05) is 48.5 Å². The summed E-state index contributed by atoms with van der Waals surface area (Å²) in [5.74, 6) is 1.82. The Morgan fingerprint density at radius 2 is 1.86 bits per heavy atom. The maximum absolute atomic E-state index is 6.13. The lowest BCUT2D eigenvalue weighted by Gasteiger charge is -2.03. The van der Waals surface area contributed by atoms with Crippen molar-refractivity contribution in [1.82, 2.24) is 10.2 Å². The van der Waals surface area contributed by atoms with Crippen LogP contribution < -0.4 is 4.74 Å². The number of thioether (sulfide) groups is 1. The van der Waals surface area contributed by atoms with Crippen LogP contribution in [0.1, 0.15) is 5.56 Å². The fourth-order valence-electron chi connectivity index (χ4n) is 1.95. The van der Waals surface area contributed by atoms with Gasteiger partial charge in [-0.3, -0.25) is 0 Å². The lowest BCUT2D eigenvalue weighted by atomic mass is 10.2. The summed E-state index contributed by atoms with van der Waals surface area (Å²) >= 11 is 7.59. The molecule has 0 fully saturated rings. The normalized spacial score (nSPS) is 10.6. The SMILES string of the molecule is COc1ccccc1-c1nnc(SCc2ccccc2Cl)o1. The van der Waals surface area contributed by atoms with E-state index < -0.39 is 0 Å². The van der Waals surface area contributed by atoms with E-state index in [-0.39, 0.29) is 0 Å². The van der Waals surface area contributed by atoms with Crippen LogP contribution in [0.25, 0.3) is 11.5 Å². The molecular formula is C16H13ClN2O2S. The molecule has 3 aromatic rings. The molecule has 0 N–H and O–H groups in total. The molecule has 0 aliphatic carbocycles. The first-order chi connectivity index (χ1) is 10.8. The molecule has 1 heterocycles. The number of rotatable bonds is 5. The van der Waals surface area contributed by atoms with Crippen molar-refractivity contribution in [2.75, 3.05) is 7.11 Å². The molecule has 0 amide bonds. The maximum atomic E-state index is 6.13. The highest BCUT2D eigenvalue weighted by molar-refractivity contribution is 7.98. The summed E-state index contributed by atoms with van der Waals surface area (Å²) in [4.78, 5) is 0. The minimum Gasteiger partial charge on any atom is -0.496 e. The van der Waals surface area contributed by atoms with Gasteiger partial charge in [-0.25, -0.2) is 0 Å². The van der Waals surface area contributed by atoms with Crippen molar-refractivity contribution in [3.63, 3.8) is 0 Å². The Morgan fingerprint density at radius 1 is 1.09 bits per heavy atom. The van der Waals surface area contributed by atoms with Crippen molar-refractivity contribution in [1.29, 1.82) is 0 Å². The molecule has 0 atom stereocenters. The first-order valence-electron chi connectivity index (χ1n) is 6.61. The Labute approximate surface area is 137 Å². The highest BCUT2D eigenvalue weighted by Gasteiger charge is 2.13. The molecule has 0 saturated heterocycles. The number of para-hydroxylation sites is 1. The first-order valence-corrected chi connectivity index (χ1v) is 7.97. The van der Waals surface area contributed by atoms with Gasteiger partial charge < -0.3 is 9.15 Å². The molecule has 22 heavy (non-hydrogen) atoms. The van der Waals surface area contributed by atoms with Crippen molar-refractivity contribution < 1.29 is 9.15 Å². The Bertz CT molecular complexity index is 776.